The lowest BCUT2D eigenvalue weighted by Gasteiger charge is -2.36. The van der Waals surface area contributed by atoms with Crippen LogP contribution in [0.4, 0.5) is 0 Å². The zero-order valence-corrected chi connectivity index (χ0v) is 13.2. The monoisotopic (exact) mass is 299 g/mol. The first-order valence-corrected chi connectivity index (χ1v) is 8.19. The molecule has 110 valence electrons. The molecule has 0 unspecified atom stereocenters. The summed E-state index contributed by atoms with van der Waals surface area (Å²) in [6.07, 6.45) is 3.57. The third-order valence-corrected chi connectivity index (χ3v) is 4.76. The molecule has 1 nitrogen and oxygen atoms in total. The van der Waals surface area contributed by atoms with Gasteiger partial charge in [-0.1, -0.05) is 54.9 Å². The molecule has 0 aromatic heterocycles. The van der Waals surface area contributed by atoms with Gasteiger partial charge in [0.25, 0.3) is 0 Å². The molecule has 1 N–H and O–H groups in total. The quantitative estimate of drug-likeness (QED) is 0.824. The highest BCUT2D eigenvalue weighted by atomic mass is 35.5. The Labute approximate surface area is 132 Å². The first-order valence-electron chi connectivity index (χ1n) is 7.81. The second kappa shape index (κ2) is 6.64. The fourth-order valence-corrected chi connectivity index (χ4v) is 3.07. The van der Waals surface area contributed by atoms with Gasteiger partial charge >= 0.3 is 0 Å². The topological polar surface area (TPSA) is 12.0 Å². The van der Waals surface area contributed by atoms with Crippen LogP contribution in [0.2, 0.25) is 5.02 Å². The molecule has 0 saturated heterocycles. The average molecular weight is 300 g/mol. The summed E-state index contributed by atoms with van der Waals surface area (Å²) in [5.41, 5.74) is 4.21. The van der Waals surface area contributed by atoms with E-state index in [0.29, 0.717) is 12.0 Å². The van der Waals surface area contributed by atoms with E-state index in [-0.39, 0.29) is 0 Å². The van der Waals surface area contributed by atoms with E-state index in [2.05, 4.69) is 48.6 Å². The molecular weight excluding hydrogens is 278 g/mol. The predicted octanol–water partition coefficient (Wildman–Crippen LogP) is 4.94. The first-order chi connectivity index (χ1) is 10.2. The molecule has 0 aliphatic heterocycles. The lowest BCUT2D eigenvalue weighted by atomic mass is 9.76. The van der Waals surface area contributed by atoms with Crippen LogP contribution in [0, 0.1) is 0 Å². The largest absolute Gasteiger partial charge is 0.310 e. The van der Waals surface area contributed by atoms with Gasteiger partial charge in [-0.25, -0.2) is 0 Å². The van der Waals surface area contributed by atoms with Crippen LogP contribution in [-0.2, 0) is 13.0 Å². The molecule has 0 spiro atoms. The summed E-state index contributed by atoms with van der Waals surface area (Å²) in [5, 5.41) is 4.48. The second-order valence-electron chi connectivity index (χ2n) is 5.97. The minimum Gasteiger partial charge on any atom is -0.310 e. The highest BCUT2D eigenvalue weighted by Gasteiger charge is 2.29. The maximum absolute atomic E-state index is 5.93. The van der Waals surface area contributed by atoms with Crippen molar-refractivity contribution in [2.45, 2.75) is 44.7 Å². The predicted molar refractivity (Wildman–Crippen MR) is 89.9 cm³/mol. The SMILES string of the molecule is CCc1ccc(CNC2CC(c3ccc(Cl)cc3)C2)cc1. The molecule has 1 aliphatic rings. The van der Waals surface area contributed by atoms with E-state index in [1.807, 2.05) is 12.1 Å². The number of nitrogens with one attached hydrogen (secondary N) is 1. The van der Waals surface area contributed by atoms with Crippen LogP contribution < -0.4 is 5.32 Å². The Bertz CT molecular complexity index is 568. The summed E-state index contributed by atoms with van der Waals surface area (Å²) >= 11 is 5.93. The minimum absolute atomic E-state index is 0.650. The van der Waals surface area contributed by atoms with Crippen LogP contribution in [0.5, 0.6) is 0 Å². The molecule has 0 radical (unpaired) electrons. The molecule has 3 rings (SSSR count). The van der Waals surface area contributed by atoms with Gasteiger partial charge in [-0.2, -0.15) is 0 Å². The van der Waals surface area contributed by atoms with E-state index in [0.717, 1.165) is 18.0 Å². The van der Waals surface area contributed by atoms with Crippen LogP contribution >= 0.6 is 11.6 Å². The molecule has 0 heterocycles. The zero-order valence-electron chi connectivity index (χ0n) is 12.5. The van der Waals surface area contributed by atoms with Crippen molar-refractivity contribution in [2.75, 3.05) is 0 Å². The molecule has 1 fully saturated rings. The molecule has 2 aromatic rings. The number of aryl methyl sites for hydroxylation is 1. The summed E-state index contributed by atoms with van der Waals surface area (Å²) in [7, 11) is 0. The van der Waals surface area contributed by atoms with Gasteiger partial charge in [-0.15, -0.1) is 0 Å². The zero-order chi connectivity index (χ0) is 14.7. The molecule has 2 heteroatoms. The van der Waals surface area contributed by atoms with Gasteiger partial charge in [-0.3, -0.25) is 0 Å². The minimum atomic E-state index is 0.650. The van der Waals surface area contributed by atoms with Gasteiger partial charge < -0.3 is 5.32 Å². The Hall–Kier alpha value is -1.31. The van der Waals surface area contributed by atoms with Crippen LogP contribution in [0.15, 0.2) is 48.5 Å². The van der Waals surface area contributed by atoms with E-state index < -0.39 is 0 Å². The van der Waals surface area contributed by atoms with Gasteiger partial charge in [0.15, 0.2) is 0 Å². The maximum Gasteiger partial charge on any atom is 0.0406 e. The number of rotatable bonds is 5. The first kappa shape index (κ1) is 14.6. The Kier molecular flexibility index (Phi) is 4.62. The molecule has 0 amide bonds. The Morgan fingerprint density at radius 2 is 1.57 bits per heavy atom. The third kappa shape index (κ3) is 3.66. The molecule has 21 heavy (non-hydrogen) atoms. The van der Waals surface area contributed by atoms with Crippen molar-refractivity contribution in [3.8, 4) is 0 Å². The van der Waals surface area contributed by atoms with E-state index in [9.17, 15) is 0 Å². The lowest BCUT2D eigenvalue weighted by Crippen LogP contribution is -2.39. The highest BCUT2D eigenvalue weighted by molar-refractivity contribution is 6.30. The van der Waals surface area contributed by atoms with Crippen LogP contribution in [0.3, 0.4) is 0 Å². The summed E-state index contributed by atoms with van der Waals surface area (Å²) in [5.74, 6) is 0.697. The van der Waals surface area contributed by atoms with Crippen molar-refractivity contribution in [1.82, 2.24) is 5.32 Å². The van der Waals surface area contributed by atoms with Crippen molar-refractivity contribution in [2.24, 2.45) is 0 Å². The Morgan fingerprint density at radius 1 is 0.952 bits per heavy atom. The third-order valence-electron chi connectivity index (χ3n) is 4.51. The standard InChI is InChI=1S/C19H22ClN/c1-2-14-3-5-15(6-4-14)13-21-19-11-17(12-19)16-7-9-18(20)10-8-16/h3-10,17,19,21H,2,11-13H2,1H3. The van der Waals surface area contributed by atoms with Gasteiger partial charge in [0.2, 0.25) is 0 Å². The fraction of sp³-hybridized carbons (Fsp3) is 0.368. The van der Waals surface area contributed by atoms with Gasteiger partial charge in [0.05, 0.1) is 0 Å². The van der Waals surface area contributed by atoms with Gasteiger partial charge in [0.1, 0.15) is 0 Å². The van der Waals surface area contributed by atoms with E-state index in [4.69, 9.17) is 11.6 Å². The second-order valence-corrected chi connectivity index (χ2v) is 6.40. The molecular formula is C19H22ClN. The lowest BCUT2D eigenvalue weighted by molar-refractivity contribution is 0.289. The Balaban J connectivity index is 1.45. The molecule has 1 saturated carbocycles. The van der Waals surface area contributed by atoms with Crippen molar-refractivity contribution in [3.05, 3.63) is 70.2 Å². The smallest absolute Gasteiger partial charge is 0.0406 e. The number of halogens is 1. The van der Waals surface area contributed by atoms with Crippen LogP contribution in [-0.4, -0.2) is 6.04 Å². The van der Waals surface area contributed by atoms with Gasteiger partial charge in [0, 0.05) is 17.6 Å². The molecule has 1 aliphatic carbocycles. The van der Waals surface area contributed by atoms with Crippen molar-refractivity contribution < 1.29 is 0 Å². The summed E-state index contributed by atoms with van der Waals surface area (Å²) in [6, 6.07) is 17.9. The molecule has 2 aromatic carbocycles. The van der Waals surface area contributed by atoms with Crippen molar-refractivity contribution in [3.63, 3.8) is 0 Å². The molecule has 0 bridgehead atoms. The average Bonchev–Trinajstić information content (AvgIpc) is 2.48. The Morgan fingerprint density at radius 3 is 2.19 bits per heavy atom. The van der Waals surface area contributed by atoms with E-state index in [1.54, 1.807) is 0 Å². The van der Waals surface area contributed by atoms with E-state index in [1.165, 1.54) is 29.5 Å². The fourth-order valence-electron chi connectivity index (χ4n) is 2.95. The number of benzene rings is 2. The van der Waals surface area contributed by atoms with Crippen LogP contribution in [0.1, 0.15) is 42.4 Å². The van der Waals surface area contributed by atoms with Crippen molar-refractivity contribution >= 4 is 11.6 Å². The van der Waals surface area contributed by atoms with Gasteiger partial charge in [-0.05, 0) is 54.0 Å². The number of hydrogen-bond acceptors (Lipinski definition) is 1. The number of hydrogen-bond donors (Lipinski definition) is 1. The summed E-state index contributed by atoms with van der Waals surface area (Å²) in [6.45, 7) is 3.17. The van der Waals surface area contributed by atoms with Crippen molar-refractivity contribution in [1.29, 1.82) is 0 Å². The maximum atomic E-state index is 5.93. The van der Waals surface area contributed by atoms with E-state index >= 15 is 0 Å². The normalized spacial score (nSPS) is 21.0. The van der Waals surface area contributed by atoms with Crippen LogP contribution in [0.25, 0.3) is 0 Å². The highest BCUT2D eigenvalue weighted by Crippen LogP contribution is 2.37. The summed E-state index contributed by atoms with van der Waals surface area (Å²) in [4.78, 5) is 0. The molecule has 0 atom stereocenters. The summed E-state index contributed by atoms with van der Waals surface area (Å²) < 4.78 is 0.